The second-order valence-corrected chi connectivity index (χ2v) is 6.57. The highest BCUT2D eigenvalue weighted by Crippen LogP contribution is 2.28. The van der Waals surface area contributed by atoms with Crippen molar-refractivity contribution in [2.75, 3.05) is 5.32 Å². The van der Waals surface area contributed by atoms with E-state index in [1.54, 1.807) is 15.9 Å². The van der Waals surface area contributed by atoms with Crippen molar-refractivity contribution in [2.24, 2.45) is 0 Å². The first-order valence-electron chi connectivity index (χ1n) is 7.65. The lowest BCUT2D eigenvalue weighted by atomic mass is 10.2. The van der Waals surface area contributed by atoms with Crippen molar-refractivity contribution in [3.05, 3.63) is 58.9 Å². The number of aryl methyl sites for hydroxylation is 2. The van der Waals surface area contributed by atoms with Crippen molar-refractivity contribution in [3.8, 4) is 10.6 Å². The number of anilines is 1. The lowest BCUT2D eigenvalue weighted by Gasteiger charge is -2.04. The first-order valence-corrected chi connectivity index (χ1v) is 8.47. The van der Waals surface area contributed by atoms with Crippen LogP contribution in [0.4, 0.5) is 5.82 Å². The van der Waals surface area contributed by atoms with Gasteiger partial charge in [0.2, 0.25) is 0 Å². The van der Waals surface area contributed by atoms with Gasteiger partial charge in [0.1, 0.15) is 10.8 Å². The van der Waals surface area contributed by atoms with Crippen LogP contribution < -0.4 is 5.32 Å². The molecule has 1 N–H and O–H groups in total. The Kier molecular flexibility index (Phi) is 3.70. The lowest BCUT2D eigenvalue weighted by molar-refractivity contribution is 0.871. The van der Waals surface area contributed by atoms with Crippen LogP contribution in [0.5, 0.6) is 0 Å². The third-order valence-electron chi connectivity index (χ3n) is 3.76. The number of rotatable bonds is 4. The summed E-state index contributed by atoms with van der Waals surface area (Å²) in [6.45, 7) is 4.62. The lowest BCUT2D eigenvalue weighted by Crippen LogP contribution is -2.04. The number of fused-ring (bicyclic) bond motifs is 1. The van der Waals surface area contributed by atoms with Gasteiger partial charge in [-0.1, -0.05) is 30.3 Å². The Morgan fingerprint density at radius 1 is 1.04 bits per heavy atom. The molecule has 1 aromatic carbocycles. The summed E-state index contributed by atoms with van der Waals surface area (Å²) in [5.74, 6) is 1.56. The minimum Gasteiger partial charge on any atom is -0.364 e. The molecule has 0 fully saturated rings. The molecule has 0 bridgehead atoms. The first-order chi connectivity index (χ1) is 11.7. The van der Waals surface area contributed by atoms with Crippen LogP contribution in [-0.4, -0.2) is 24.8 Å². The Hall–Kier alpha value is -2.80. The Bertz CT molecular complexity index is 989. The smallest absolute Gasteiger partial charge is 0.178 e. The van der Waals surface area contributed by atoms with Crippen LogP contribution in [0, 0.1) is 13.8 Å². The number of hydrogen-bond acceptors (Lipinski definition) is 6. The normalized spacial score (nSPS) is 11.1. The van der Waals surface area contributed by atoms with Gasteiger partial charge < -0.3 is 5.32 Å². The Morgan fingerprint density at radius 3 is 2.71 bits per heavy atom. The summed E-state index contributed by atoms with van der Waals surface area (Å²) in [4.78, 5) is 5.89. The van der Waals surface area contributed by atoms with E-state index in [-0.39, 0.29) is 0 Å². The number of aromatic nitrogens is 5. The average molecular weight is 336 g/mol. The standard InChI is InChI=1S/C17H16N6S/c1-11-14(24-17(19-11)13-6-4-3-5-7-13)10-18-15-8-9-16-21-20-12(2)23(16)22-15/h3-9H,10H2,1-2H3,(H,18,22). The van der Waals surface area contributed by atoms with E-state index in [0.717, 1.165) is 33.6 Å². The van der Waals surface area contributed by atoms with Crippen LogP contribution in [-0.2, 0) is 6.54 Å². The van der Waals surface area contributed by atoms with Crippen molar-refractivity contribution in [1.82, 2.24) is 24.8 Å². The SMILES string of the molecule is Cc1nc(-c2ccccc2)sc1CNc1ccc2nnc(C)n2n1. The molecule has 0 radical (unpaired) electrons. The molecule has 0 atom stereocenters. The molecule has 120 valence electrons. The number of thiazole rings is 1. The van der Waals surface area contributed by atoms with E-state index in [1.165, 1.54) is 4.88 Å². The van der Waals surface area contributed by atoms with Crippen LogP contribution in [0.15, 0.2) is 42.5 Å². The highest BCUT2D eigenvalue weighted by atomic mass is 32.1. The Balaban J connectivity index is 1.55. The molecule has 24 heavy (non-hydrogen) atoms. The summed E-state index contributed by atoms with van der Waals surface area (Å²) in [6.07, 6.45) is 0. The zero-order chi connectivity index (χ0) is 16.5. The fourth-order valence-corrected chi connectivity index (χ4v) is 3.47. The molecule has 0 amide bonds. The van der Waals surface area contributed by atoms with E-state index in [1.807, 2.05) is 44.2 Å². The molecular formula is C17H16N6S. The second-order valence-electron chi connectivity index (χ2n) is 5.48. The summed E-state index contributed by atoms with van der Waals surface area (Å²) in [5, 5.41) is 17.0. The summed E-state index contributed by atoms with van der Waals surface area (Å²) in [5.41, 5.74) is 2.95. The molecule has 4 aromatic rings. The largest absolute Gasteiger partial charge is 0.364 e. The van der Waals surface area contributed by atoms with E-state index >= 15 is 0 Å². The molecule has 0 aliphatic carbocycles. The van der Waals surface area contributed by atoms with Gasteiger partial charge in [-0.05, 0) is 26.0 Å². The quantitative estimate of drug-likeness (QED) is 0.618. The van der Waals surface area contributed by atoms with Crippen LogP contribution in [0.3, 0.4) is 0 Å². The van der Waals surface area contributed by atoms with Crippen LogP contribution in [0.2, 0.25) is 0 Å². The van der Waals surface area contributed by atoms with Crippen LogP contribution in [0.25, 0.3) is 16.2 Å². The number of nitrogens with zero attached hydrogens (tertiary/aromatic N) is 5. The molecule has 7 heteroatoms. The third-order valence-corrected chi connectivity index (χ3v) is 4.97. The van der Waals surface area contributed by atoms with E-state index in [4.69, 9.17) is 0 Å². The van der Waals surface area contributed by atoms with Crippen LogP contribution in [0.1, 0.15) is 16.4 Å². The monoisotopic (exact) mass is 336 g/mol. The number of benzene rings is 1. The molecule has 0 saturated carbocycles. The maximum Gasteiger partial charge on any atom is 0.178 e. The minimum absolute atomic E-state index is 0.690. The van der Waals surface area contributed by atoms with Gasteiger partial charge in [0.15, 0.2) is 11.5 Å². The summed E-state index contributed by atoms with van der Waals surface area (Å²) in [7, 11) is 0. The van der Waals surface area contributed by atoms with Crippen molar-refractivity contribution in [1.29, 1.82) is 0 Å². The van der Waals surface area contributed by atoms with E-state index < -0.39 is 0 Å². The van der Waals surface area contributed by atoms with Gasteiger partial charge in [-0.3, -0.25) is 0 Å². The van der Waals surface area contributed by atoms with E-state index in [9.17, 15) is 0 Å². The summed E-state index contributed by atoms with van der Waals surface area (Å²) >= 11 is 1.71. The number of nitrogens with one attached hydrogen (secondary N) is 1. The number of hydrogen-bond donors (Lipinski definition) is 1. The van der Waals surface area contributed by atoms with Crippen molar-refractivity contribution >= 4 is 22.8 Å². The average Bonchev–Trinajstić information content (AvgIpc) is 3.17. The summed E-state index contributed by atoms with van der Waals surface area (Å²) < 4.78 is 1.73. The predicted octanol–water partition coefficient (Wildman–Crippen LogP) is 3.48. The van der Waals surface area contributed by atoms with Gasteiger partial charge in [-0.25, -0.2) is 4.98 Å². The highest BCUT2D eigenvalue weighted by Gasteiger charge is 2.10. The van der Waals surface area contributed by atoms with Gasteiger partial charge >= 0.3 is 0 Å². The minimum atomic E-state index is 0.690. The molecule has 4 rings (SSSR count). The fourth-order valence-electron chi connectivity index (χ4n) is 2.46. The van der Waals surface area contributed by atoms with Gasteiger partial charge in [0, 0.05) is 10.4 Å². The molecule has 3 aromatic heterocycles. The maximum atomic E-state index is 4.68. The first kappa shape index (κ1) is 14.8. The molecule has 0 aliphatic rings. The van der Waals surface area contributed by atoms with Crippen molar-refractivity contribution in [3.63, 3.8) is 0 Å². The molecular weight excluding hydrogens is 320 g/mol. The molecule has 0 spiro atoms. The van der Waals surface area contributed by atoms with Crippen molar-refractivity contribution < 1.29 is 0 Å². The third kappa shape index (κ3) is 2.74. The zero-order valence-electron chi connectivity index (χ0n) is 13.4. The van der Waals surface area contributed by atoms with Gasteiger partial charge in [0.25, 0.3) is 0 Å². The Labute approximate surface area is 143 Å². The molecule has 6 nitrogen and oxygen atoms in total. The molecule has 0 saturated heterocycles. The maximum absolute atomic E-state index is 4.68. The Morgan fingerprint density at radius 2 is 1.88 bits per heavy atom. The van der Waals surface area contributed by atoms with E-state index in [2.05, 4.69) is 37.7 Å². The van der Waals surface area contributed by atoms with Crippen LogP contribution >= 0.6 is 11.3 Å². The van der Waals surface area contributed by atoms with Gasteiger partial charge in [-0.15, -0.1) is 26.6 Å². The molecule has 3 heterocycles. The summed E-state index contributed by atoms with van der Waals surface area (Å²) in [6, 6.07) is 14.1. The van der Waals surface area contributed by atoms with Crippen molar-refractivity contribution in [2.45, 2.75) is 20.4 Å². The molecule has 0 aliphatic heterocycles. The molecule has 0 unspecified atom stereocenters. The topological polar surface area (TPSA) is 68.0 Å². The van der Waals surface area contributed by atoms with Gasteiger partial charge in [-0.2, -0.15) is 4.52 Å². The zero-order valence-corrected chi connectivity index (χ0v) is 14.2. The second kappa shape index (κ2) is 6.01. The van der Waals surface area contributed by atoms with Gasteiger partial charge in [0.05, 0.1) is 12.2 Å². The fraction of sp³-hybridized carbons (Fsp3) is 0.176. The highest BCUT2D eigenvalue weighted by molar-refractivity contribution is 7.15. The predicted molar refractivity (Wildman–Crippen MR) is 95.1 cm³/mol. The van der Waals surface area contributed by atoms with E-state index in [0.29, 0.717) is 6.54 Å².